The second kappa shape index (κ2) is 8.83. The third-order valence-corrected chi connectivity index (χ3v) is 5.17. The number of aliphatic carboxylic acids is 1. The van der Waals surface area contributed by atoms with Crippen LogP contribution in [0.1, 0.15) is 36.4 Å². The minimum atomic E-state index is -3.77. The monoisotopic (exact) mass is 394 g/mol. The number of carboxylic acid groups (broad SMARTS) is 1. The molecule has 0 spiro atoms. The molecule has 0 bridgehead atoms. The SMILES string of the molecule is CC(C)C[C@H](NC(=O)c1ccc(S(=O)(=O)NCc2ccco2)cc1)C(=O)O. The van der Waals surface area contributed by atoms with Crippen molar-refractivity contribution < 1.29 is 27.5 Å². The largest absolute Gasteiger partial charge is 0.480 e. The number of amides is 1. The fourth-order valence-electron chi connectivity index (χ4n) is 2.38. The molecule has 146 valence electrons. The third-order valence-electron chi connectivity index (χ3n) is 3.75. The van der Waals surface area contributed by atoms with Gasteiger partial charge in [-0.05, 0) is 48.7 Å². The number of carbonyl (C=O) groups is 2. The first-order valence-corrected chi connectivity index (χ1v) is 9.83. The molecule has 8 nitrogen and oxygen atoms in total. The number of nitrogens with one attached hydrogen (secondary N) is 2. The number of furan rings is 1. The predicted molar refractivity (Wildman–Crippen MR) is 97.5 cm³/mol. The molecule has 27 heavy (non-hydrogen) atoms. The Morgan fingerprint density at radius 2 is 1.81 bits per heavy atom. The minimum absolute atomic E-state index is 0.00701. The molecule has 1 atom stereocenters. The molecule has 2 aromatic rings. The summed E-state index contributed by atoms with van der Waals surface area (Å²) in [6, 6.07) is 7.55. The van der Waals surface area contributed by atoms with Crippen LogP contribution in [0.5, 0.6) is 0 Å². The Labute approximate surface area is 157 Å². The second-order valence-electron chi connectivity index (χ2n) is 6.42. The van der Waals surface area contributed by atoms with E-state index in [9.17, 15) is 23.1 Å². The Kier molecular flexibility index (Phi) is 6.75. The lowest BCUT2D eigenvalue weighted by Gasteiger charge is -2.16. The molecular weight excluding hydrogens is 372 g/mol. The molecule has 0 aliphatic carbocycles. The van der Waals surface area contributed by atoms with Gasteiger partial charge in [-0.25, -0.2) is 17.9 Å². The van der Waals surface area contributed by atoms with E-state index in [1.165, 1.54) is 30.5 Å². The molecule has 3 N–H and O–H groups in total. The van der Waals surface area contributed by atoms with Gasteiger partial charge in [0.1, 0.15) is 11.8 Å². The minimum Gasteiger partial charge on any atom is -0.480 e. The first-order valence-electron chi connectivity index (χ1n) is 8.35. The average molecular weight is 394 g/mol. The maximum Gasteiger partial charge on any atom is 0.326 e. The number of sulfonamides is 1. The average Bonchev–Trinajstić information content (AvgIpc) is 3.12. The van der Waals surface area contributed by atoms with Crippen molar-refractivity contribution in [3.8, 4) is 0 Å². The highest BCUT2D eigenvalue weighted by Gasteiger charge is 2.22. The first kappa shape index (κ1) is 20.7. The quantitative estimate of drug-likeness (QED) is 0.597. The van der Waals surface area contributed by atoms with Crippen LogP contribution < -0.4 is 10.0 Å². The van der Waals surface area contributed by atoms with Gasteiger partial charge in [0.25, 0.3) is 5.91 Å². The van der Waals surface area contributed by atoms with E-state index in [0.29, 0.717) is 12.2 Å². The topological polar surface area (TPSA) is 126 Å². The Hall–Kier alpha value is -2.65. The normalized spacial score (nSPS) is 12.7. The van der Waals surface area contributed by atoms with Crippen LogP contribution in [0, 0.1) is 5.92 Å². The van der Waals surface area contributed by atoms with E-state index in [1.54, 1.807) is 12.1 Å². The molecule has 0 aliphatic rings. The van der Waals surface area contributed by atoms with Crippen molar-refractivity contribution in [3.05, 3.63) is 54.0 Å². The molecule has 0 saturated carbocycles. The van der Waals surface area contributed by atoms with E-state index in [-0.39, 0.29) is 22.9 Å². The number of carboxylic acids is 1. The first-order chi connectivity index (χ1) is 12.7. The van der Waals surface area contributed by atoms with Crippen LogP contribution in [0.15, 0.2) is 52.0 Å². The maximum absolute atomic E-state index is 12.3. The molecule has 1 heterocycles. The van der Waals surface area contributed by atoms with Crippen LogP contribution in [0.25, 0.3) is 0 Å². The number of rotatable bonds is 9. The predicted octanol–water partition coefficient (Wildman–Crippen LogP) is 1.99. The highest BCUT2D eigenvalue weighted by molar-refractivity contribution is 7.89. The van der Waals surface area contributed by atoms with E-state index in [1.807, 2.05) is 13.8 Å². The molecule has 0 unspecified atom stereocenters. The van der Waals surface area contributed by atoms with Crippen molar-refractivity contribution in [3.63, 3.8) is 0 Å². The van der Waals surface area contributed by atoms with Crippen LogP contribution in [-0.2, 0) is 21.4 Å². The maximum atomic E-state index is 12.3. The van der Waals surface area contributed by atoms with Crippen LogP contribution in [-0.4, -0.2) is 31.4 Å². The number of carbonyl (C=O) groups excluding carboxylic acids is 1. The van der Waals surface area contributed by atoms with Gasteiger partial charge in [-0.1, -0.05) is 13.8 Å². The summed E-state index contributed by atoms with van der Waals surface area (Å²) in [5.41, 5.74) is 0.176. The van der Waals surface area contributed by atoms with Gasteiger partial charge in [0.15, 0.2) is 0 Å². The van der Waals surface area contributed by atoms with Crippen LogP contribution in [0.3, 0.4) is 0 Å². The van der Waals surface area contributed by atoms with E-state index in [0.717, 1.165) is 0 Å². The van der Waals surface area contributed by atoms with Crippen molar-refractivity contribution in [2.24, 2.45) is 5.92 Å². The Balaban J connectivity index is 2.04. The molecule has 2 rings (SSSR count). The lowest BCUT2D eigenvalue weighted by atomic mass is 10.0. The number of hydrogen-bond acceptors (Lipinski definition) is 5. The Bertz CT molecular complexity index is 873. The van der Waals surface area contributed by atoms with Gasteiger partial charge < -0.3 is 14.8 Å². The second-order valence-corrected chi connectivity index (χ2v) is 8.19. The summed E-state index contributed by atoms with van der Waals surface area (Å²) in [7, 11) is -3.77. The lowest BCUT2D eigenvalue weighted by Crippen LogP contribution is -2.41. The molecule has 1 aromatic heterocycles. The van der Waals surface area contributed by atoms with Crippen LogP contribution >= 0.6 is 0 Å². The van der Waals surface area contributed by atoms with E-state index >= 15 is 0 Å². The summed E-state index contributed by atoms with van der Waals surface area (Å²) in [6.45, 7) is 3.72. The summed E-state index contributed by atoms with van der Waals surface area (Å²) in [5, 5.41) is 11.6. The zero-order chi connectivity index (χ0) is 20.0. The molecule has 1 aromatic carbocycles. The fourth-order valence-corrected chi connectivity index (χ4v) is 3.38. The fraction of sp³-hybridized carbons (Fsp3) is 0.333. The van der Waals surface area contributed by atoms with Gasteiger partial charge in [0, 0.05) is 5.56 Å². The molecule has 9 heteroatoms. The zero-order valence-corrected chi connectivity index (χ0v) is 15.8. The Morgan fingerprint density at radius 3 is 2.33 bits per heavy atom. The molecule has 0 saturated heterocycles. The van der Waals surface area contributed by atoms with E-state index < -0.39 is 27.9 Å². The highest BCUT2D eigenvalue weighted by Crippen LogP contribution is 2.13. The molecular formula is C18H22N2O6S. The van der Waals surface area contributed by atoms with Crippen LogP contribution in [0.2, 0.25) is 0 Å². The number of benzene rings is 1. The van der Waals surface area contributed by atoms with Crippen LogP contribution in [0.4, 0.5) is 0 Å². The van der Waals surface area contributed by atoms with Gasteiger partial charge >= 0.3 is 5.97 Å². The van der Waals surface area contributed by atoms with Gasteiger partial charge in [0.2, 0.25) is 10.0 Å². The third kappa shape index (κ3) is 5.93. The van der Waals surface area contributed by atoms with Crippen molar-refractivity contribution >= 4 is 21.9 Å². The highest BCUT2D eigenvalue weighted by atomic mass is 32.2. The van der Waals surface area contributed by atoms with Gasteiger partial charge in [0.05, 0.1) is 17.7 Å². The standard InChI is InChI=1S/C18H22N2O6S/c1-12(2)10-16(18(22)23)20-17(21)13-5-7-15(8-6-13)27(24,25)19-11-14-4-3-9-26-14/h3-9,12,16,19H,10-11H2,1-2H3,(H,20,21)(H,22,23)/t16-/m0/s1. The summed E-state index contributed by atoms with van der Waals surface area (Å²) in [4.78, 5) is 23.5. The summed E-state index contributed by atoms with van der Waals surface area (Å²) in [6.07, 6.45) is 1.74. The zero-order valence-electron chi connectivity index (χ0n) is 15.0. The van der Waals surface area contributed by atoms with Crippen molar-refractivity contribution in [1.82, 2.24) is 10.0 Å². The van der Waals surface area contributed by atoms with Gasteiger partial charge in [-0.2, -0.15) is 0 Å². The Morgan fingerprint density at radius 1 is 1.15 bits per heavy atom. The van der Waals surface area contributed by atoms with E-state index in [2.05, 4.69) is 10.0 Å². The molecule has 0 aliphatic heterocycles. The number of hydrogen-bond donors (Lipinski definition) is 3. The van der Waals surface area contributed by atoms with Gasteiger partial charge in [-0.3, -0.25) is 4.79 Å². The summed E-state index contributed by atoms with van der Waals surface area (Å²) < 4.78 is 32.0. The van der Waals surface area contributed by atoms with Crippen molar-refractivity contribution in [2.45, 2.75) is 37.8 Å². The smallest absolute Gasteiger partial charge is 0.326 e. The van der Waals surface area contributed by atoms with Gasteiger partial charge in [-0.15, -0.1) is 0 Å². The van der Waals surface area contributed by atoms with Crippen molar-refractivity contribution in [2.75, 3.05) is 0 Å². The summed E-state index contributed by atoms with van der Waals surface area (Å²) in [5.74, 6) is -1.12. The lowest BCUT2D eigenvalue weighted by molar-refractivity contribution is -0.139. The molecule has 0 fully saturated rings. The van der Waals surface area contributed by atoms with E-state index in [4.69, 9.17) is 4.42 Å². The van der Waals surface area contributed by atoms with Crippen molar-refractivity contribution in [1.29, 1.82) is 0 Å². The molecule has 0 radical (unpaired) electrons. The molecule has 1 amide bonds. The summed E-state index contributed by atoms with van der Waals surface area (Å²) >= 11 is 0.